The van der Waals surface area contributed by atoms with E-state index in [1.165, 1.54) is 11.1 Å². The van der Waals surface area contributed by atoms with Crippen molar-refractivity contribution in [3.05, 3.63) is 95.1 Å². The molecule has 0 aliphatic carbocycles. The summed E-state index contributed by atoms with van der Waals surface area (Å²) < 4.78 is 0. The Morgan fingerprint density at radius 2 is 0.926 bits per heavy atom. The van der Waals surface area contributed by atoms with Crippen LogP contribution in [0.15, 0.2) is 72.8 Å². The van der Waals surface area contributed by atoms with E-state index in [-0.39, 0.29) is 0 Å². The lowest BCUT2D eigenvalue weighted by molar-refractivity contribution is 0.111. The van der Waals surface area contributed by atoms with Gasteiger partial charge in [-0.2, -0.15) is 0 Å². The molecule has 27 heavy (non-hydrogen) atoms. The van der Waals surface area contributed by atoms with E-state index in [4.69, 9.17) is 0 Å². The van der Waals surface area contributed by atoms with E-state index in [9.17, 15) is 9.59 Å². The molecule has 2 nitrogen and oxygen atoms in total. The Labute approximate surface area is 158 Å². The van der Waals surface area contributed by atoms with Crippen LogP contribution in [0.3, 0.4) is 0 Å². The minimum absolute atomic E-state index is 0.741. The minimum Gasteiger partial charge on any atom is -0.298 e. The van der Waals surface area contributed by atoms with E-state index in [2.05, 4.69) is 24.3 Å². The number of aryl methyl sites for hydroxylation is 2. The molecule has 0 spiro atoms. The molecule has 0 amide bonds. The fourth-order valence-electron chi connectivity index (χ4n) is 3.88. The molecule has 0 heterocycles. The summed E-state index contributed by atoms with van der Waals surface area (Å²) >= 11 is 0. The molecule has 0 saturated heterocycles. The normalized spacial score (nSPS) is 11.0. The van der Waals surface area contributed by atoms with Crippen LogP contribution in [0.25, 0.3) is 21.5 Å². The van der Waals surface area contributed by atoms with Crippen LogP contribution in [-0.2, 0) is 12.8 Å². The van der Waals surface area contributed by atoms with Crippen molar-refractivity contribution in [3.8, 4) is 0 Å². The first-order valence-corrected chi connectivity index (χ1v) is 9.23. The standard InChI is InChI=1S/C25H20O2/c26-16-20-14-12-18(22-8-1-3-10-24(20)22)6-5-7-19-13-15-21(17-27)25-11-4-2-9-23(19)25/h1-4,8-17H,5-7H2. The summed E-state index contributed by atoms with van der Waals surface area (Å²) in [6, 6.07) is 24.1. The maximum Gasteiger partial charge on any atom is 0.150 e. The van der Waals surface area contributed by atoms with Gasteiger partial charge in [0.05, 0.1) is 0 Å². The van der Waals surface area contributed by atoms with Crippen molar-refractivity contribution in [2.24, 2.45) is 0 Å². The van der Waals surface area contributed by atoms with E-state index < -0.39 is 0 Å². The van der Waals surface area contributed by atoms with Crippen molar-refractivity contribution in [2.45, 2.75) is 19.3 Å². The van der Waals surface area contributed by atoms with Crippen LogP contribution in [0.2, 0.25) is 0 Å². The number of carbonyl (C=O) groups is 2. The van der Waals surface area contributed by atoms with Crippen LogP contribution in [0.5, 0.6) is 0 Å². The van der Waals surface area contributed by atoms with Gasteiger partial charge in [0.15, 0.2) is 12.6 Å². The Kier molecular flexibility index (Phi) is 4.80. The third-order valence-electron chi connectivity index (χ3n) is 5.24. The molecule has 0 saturated carbocycles. The molecule has 0 bridgehead atoms. The van der Waals surface area contributed by atoms with Gasteiger partial charge in [-0.1, -0.05) is 72.8 Å². The van der Waals surface area contributed by atoms with Gasteiger partial charge in [0.25, 0.3) is 0 Å². The number of aldehydes is 2. The Morgan fingerprint density at radius 3 is 1.33 bits per heavy atom. The van der Waals surface area contributed by atoms with Crippen LogP contribution >= 0.6 is 0 Å². The zero-order valence-electron chi connectivity index (χ0n) is 15.0. The number of hydrogen-bond acceptors (Lipinski definition) is 2. The Balaban J connectivity index is 1.60. The van der Waals surface area contributed by atoms with Crippen molar-refractivity contribution in [1.82, 2.24) is 0 Å². The molecule has 0 aliphatic heterocycles. The molecule has 0 fully saturated rings. The van der Waals surface area contributed by atoms with Gasteiger partial charge in [0.1, 0.15) is 0 Å². The van der Waals surface area contributed by atoms with Gasteiger partial charge in [0.2, 0.25) is 0 Å². The Hall–Kier alpha value is -3.26. The molecule has 0 unspecified atom stereocenters. The van der Waals surface area contributed by atoms with Gasteiger partial charge >= 0.3 is 0 Å². The molecule has 0 N–H and O–H groups in total. The molecular weight excluding hydrogens is 332 g/mol. The fourth-order valence-corrected chi connectivity index (χ4v) is 3.88. The van der Waals surface area contributed by atoms with Gasteiger partial charge < -0.3 is 0 Å². The van der Waals surface area contributed by atoms with Crippen molar-refractivity contribution >= 4 is 34.1 Å². The number of hydrogen-bond donors (Lipinski definition) is 0. The predicted molar refractivity (Wildman–Crippen MR) is 111 cm³/mol. The smallest absolute Gasteiger partial charge is 0.150 e. The molecule has 132 valence electrons. The summed E-state index contributed by atoms with van der Waals surface area (Å²) in [5, 5.41) is 4.35. The number of fused-ring (bicyclic) bond motifs is 2. The molecule has 4 aromatic carbocycles. The molecule has 0 aliphatic rings. The van der Waals surface area contributed by atoms with Crippen molar-refractivity contribution in [2.75, 3.05) is 0 Å². The van der Waals surface area contributed by atoms with E-state index in [0.717, 1.165) is 64.5 Å². The average molecular weight is 352 g/mol. The maximum atomic E-state index is 11.3. The Morgan fingerprint density at radius 1 is 0.519 bits per heavy atom. The van der Waals surface area contributed by atoms with Gasteiger partial charge in [-0.25, -0.2) is 0 Å². The first-order valence-electron chi connectivity index (χ1n) is 9.23. The van der Waals surface area contributed by atoms with Gasteiger partial charge in [-0.3, -0.25) is 9.59 Å². The number of carbonyl (C=O) groups excluding carboxylic acids is 2. The summed E-state index contributed by atoms with van der Waals surface area (Å²) in [5.74, 6) is 0. The highest BCUT2D eigenvalue weighted by Gasteiger charge is 2.08. The van der Waals surface area contributed by atoms with Gasteiger partial charge in [0, 0.05) is 11.1 Å². The third-order valence-corrected chi connectivity index (χ3v) is 5.24. The van der Waals surface area contributed by atoms with E-state index >= 15 is 0 Å². The summed E-state index contributed by atoms with van der Waals surface area (Å²) in [7, 11) is 0. The van der Waals surface area contributed by atoms with Crippen LogP contribution in [0, 0.1) is 0 Å². The average Bonchev–Trinajstić information content (AvgIpc) is 2.74. The highest BCUT2D eigenvalue weighted by Crippen LogP contribution is 2.26. The summed E-state index contributed by atoms with van der Waals surface area (Å²) in [4.78, 5) is 22.6. The summed E-state index contributed by atoms with van der Waals surface area (Å²) in [5.41, 5.74) is 4.02. The fraction of sp³-hybridized carbons (Fsp3) is 0.120. The zero-order chi connectivity index (χ0) is 18.6. The van der Waals surface area contributed by atoms with Crippen LogP contribution in [-0.4, -0.2) is 12.6 Å². The van der Waals surface area contributed by atoms with E-state index in [1.54, 1.807) is 0 Å². The number of benzene rings is 4. The van der Waals surface area contributed by atoms with E-state index in [1.807, 2.05) is 48.5 Å². The minimum atomic E-state index is 0.741. The molecule has 2 heteroatoms. The molecule has 0 radical (unpaired) electrons. The van der Waals surface area contributed by atoms with Crippen molar-refractivity contribution < 1.29 is 9.59 Å². The molecule has 0 atom stereocenters. The molecular formula is C25H20O2. The number of rotatable bonds is 6. The second kappa shape index (κ2) is 7.55. The molecule has 0 aromatic heterocycles. The first kappa shape index (κ1) is 17.2. The largest absolute Gasteiger partial charge is 0.298 e. The quantitative estimate of drug-likeness (QED) is 0.411. The van der Waals surface area contributed by atoms with Gasteiger partial charge in [-0.15, -0.1) is 0 Å². The summed E-state index contributed by atoms with van der Waals surface area (Å²) in [6.07, 6.45) is 4.75. The van der Waals surface area contributed by atoms with E-state index in [0.29, 0.717) is 0 Å². The monoisotopic (exact) mass is 352 g/mol. The highest BCUT2D eigenvalue weighted by molar-refractivity contribution is 6.00. The lowest BCUT2D eigenvalue weighted by Gasteiger charge is -2.11. The highest BCUT2D eigenvalue weighted by atomic mass is 16.1. The second-order valence-corrected chi connectivity index (χ2v) is 6.81. The Bertz CT molecular complexity index is 1050. The van der Waals surface area contributed by atoms with Crippen molar-refractivity contribution in [3.63, 3.8) is 0 Å². The predicted octanol–water partition coefficient (Wildman–Crippen LogP) is 5.79. The topological polar surface area (TPSA) is 34.1 Å². The zero-order valence-corrected chi connectivity index (χ0v) is 15.0. The summed E-state index contributed by atoms with van der Waals surface area (Å²) in [6.45, 7) is 0. The maximum absolute atomic E-state index is 11.3. The SMILES string of the molecule is O=Cc1ccc(CCCc2ccc(C=O)c3ccccc23)c2ccccc12. The third kappa shape index (κ3) is 3.26. The molecule has 4 aromatic rings. The van der Waals surface area contributed by atoms with Crippen LogP contribution < -0.4 is 0 Å². The van der Waals surface area contributed by atoms with Crippen LogP contribution in [0.4, 0.5) is 0 Å². The van der Waals surface area contributed by atoms with Gasteiger partial charge in [-0.05, 0) is 51.9 Å². The van der Waals surface area contributed by atoms with Crippen molar-refractivity contribution in [1.29, 1.82) is 0 Å². The van der Waals surface area contributed by atoms with Crippen LogP contribution in [0.1, 0.15) is 38.3 Å². The second-order valence-electron chi connectivity index (χ2n) is 6.81. The lowest BCUT2D eigenvalue weighted by atomic mass is 9.94. The first-order chi connectivity index (χ1) is 13.3. The lowest BCUT2D eigenvalue weighted by Crippen LogP contribution is -1.95. The molecule has 4 rings (SSSR count).